The quantitative estimate of drug-likeness (QED) is 0.829. The molecule has 16 heavy (non-hydrogen) atoms. The first-order chi connectivity index (χ1) is 7.65. The largest absolute Gasteiger partial charge is 0.396 e. The Balaban J connectivity index is 2.08. The Morgan fingerprint density at radius 1 is 1.38 bits per heavy atom. The number of aryl methyl sites for hydroxylation is 1. The van der Waals surface area contributed by atoms with Crippen molar-refractivity contribution in [3.8, 4) is 0 Å². The molecule has 2 heterocycles. The monoisotopic (exact) mass is 219 g/mol. The van der Waals surface area contributed by atoms with Gasteiger partial charge in [0.25, 0.3) is 0 Å². The van der Waals surface area contributed by atoms with Crippen LogP contribution in [0.3, 0.4) is 0 Å². The molecule has 84 valence electrons. The average Bonchev–Trinajstić information content (AvgIpc) is 2.65. The molecule has 2 aromatic rings. The van der Waals surface area contributed by atoms with Crippen LogP contribution in [0.5, 0.6) is 0 Å². The molecule has 0 aliphatic rings. The topological polar surface area (TPSA) is 81.1 Å². The molecule has 0 radical (unpaired) electrons. The van der Waals surface area contributed by atoms with E-state index in [2.05, 4.69) is 15.1 Å². The third-order valence-corrected chi connectivity index (χ3v) is 2.08. The minimum absolute atomic E-state index is 0.550. The Morgan fingerprint density at radius 3 is 2.62 bits per heavy atom. The molecule has 6 heteroatoms. The van der Waals surface area contributed by atoms with Gasteiger partial charge in [0.05, 0.1) is 24.6 Å². The van der Waals surface area contributed by atoms with Gasteiger partial charge in [0.2, 0.25) is 5.95 Å². The number of nitrogen functional groups attached to an aromatic ring is 1. The molecule has 2 rings (SSSR count). The van der Waals surface area contributed by atoms with Gasteiger partial charge in [-0.15, -0.1) is 0 Å². The van der Waals surface area contributed by atoms with Crippen molar-refractivity contribution in [3.63, 3.8) is 0 Å². The van der Waals surface area contributed by atoms with Crippen LogP contribution in [0.15, 0.2) is 23.0 Å². The summed E-state index contributed by atoms with van der Waals surface area (Å²) in [5.74, 6) is 1.40. The van der Waals surface area contributed by atoms with Crippen molar-refractivity contribution in [1.29, 1.82) is 0 Å². The van der Waals surface area contributed by atoms with Crippen molar-refractivity contribution in [2.45, 2.75) is 13.5 Å². The minimum atomic E-state index is 0.550. The van der Waals surface area contributed by atoms with Gasteiger partial charge < -0.3 is 15.2 Å². The normalized spacial score (nSPS) is 10.4. The standard InChI is InChI=1S/C10H13N5O/c1-7-3-9(14-16-7)6-15(2)10-12-4-8(11)5-13-10/h3-5H,6,11H2,1-2H3. The lowest BCUT2D eigenvalue weighted by molar-refractivity contribution is 0.390. The summed E-state index contributed by atoms with van der Waals surface area (Å²) in [6, 6.07) is 1.88. The lowest BCUT2D eigenvalue weighted by Gasteiger charge is -2.14. The van der Waals surface area contributed by atoms with Crippen LogP contribution in [-0.4, -0.2) is 22.2 Å². The Hall–Kier alpha value is -2.11. The van der Waals surface area contributed by atoms with Crippen LogP contribution >= 0.6 is 0 Å². The Labute approximate surface area is 93.1 Å². The SMILES string of the molecule is Cc1cc(CN(C)c2ncc(N)cn2)no1. The maximum Gasteiger partial charge on any atom is 0.225 e. The molecule has 0 saturated carbocycles. The molecule has 2 aromatic heterocycles. The number of nitrogens with zero attached hydrogens (tertiary/aromatic N) is 4. The van der Waals surface area contributed by atoms with Gasteiger partial charge in [-0.3, -0.25) is 0 Å². The van der Waals surface area contributed by atoms with Gasteiger partial charge in [-0.2, -0.15) is 0 Å². The molecule has 2 N–H and O–H groups in total. The highest BCUT2D eigenvalue weighted by Crippen LogP contribution is 2.10. The van der Waals surface area contributed by atoms with Gasteiger partial charge >= 0.3 is 0 Å². The van der Waals surface area contributed by atoms with Gasteiger partial charge in [0.1, 0.15) is 11.5 Å². The van der Waals surface area contributed by atoms with E-state index in [4.69, 9.17) is 10.3 Å². The summed E-state index contributed by atoms with van der Waals surface area (Å²) < 4.78 is 4.98. The molecule has 0 unspecified atom stereocenters. The van der Waals surface area contributed by atoms with Crippen LogP contribution in [0.2, 0.25) is 0 Å². The predicted octanol–water partition coefficient (Wildman–Crippen LogP) is 0.992. The minimum Gasteiger partial charge on any atom is -0.396 e. The molecule has 6 nitrogen and oxygen atoms in total. The average molecular weight is 219 g/mol. The van der Waals surface area contributed by atoms with Crippen LogP contribution < -0.4 is 10.6 Å². The molecule has 0 atom stereocenters. The second kappa shape index (κ2) is 4.18. The van der Waals surface area contributed by atoms with Gasteiger partial charge in [-0.25, -0.2) is 9.97 Å². The van der Waals surface area contributed by atoms with E-state index in [0.717, 1.165) is 11.5 Å². The summed E-state index contributed by atoms with van der Waals surface area (Å²) >= 11 is 0. The fraction of sp³-hybridized carbons (Fsp3) is 0.300. The highest BCUT2D eigenvalue weighted by atomic mass is 16.5. The molecule has 0 aliphatic carbocycles. The summed E-state index contributed by atoms with van der Waals surface area (Å²) in [5.41, 5.74) is 6.91. The Morgan fingerprint density at radius 2 is 2.06 bits per heavy atom. The Kier molecular flexibility index (Phi) is 2.72. The molecule has 0 aromatic carbocycles. The molecular formula is C10H13N5O. The van der Waals surface area contributed by atoms with Crippen molar-refractivity contribution < 1.29 is 4.52 Å². The predicted molar refractivity (Wildman–Crippen MR) is 59.8 cm³/mol. The zero-order valence-electron chi connectivity index (χ0n) is 9.21. The van der Waals surface area contributed by atoms with E-state index in [1.54, 1.807) is 12.4 Å². The lowest BCUT2D eigenvalue weighted by Crippen LogP contribution is -2.19. The van der Waals surface area contributed by atoms with Crippen molar-refractivity contribution in [3.05, 3.63) is 29.9 Å². The highest BCUT2D eigenvalue weighted by molar-refractivity contribution is 5.37. The van der Waals surface area contributed by atoms with Crippen LogP contribution in [0.4, 0.5) is 11.6 Å². The van der Waals surface area contributed by atoms with Crippen LogP contribution in [0.25, 0.3) is 0 Å². The fourth-order valence-electron chi connectivity index (χ4n) is 1.33. The number of rotatable bonds is 3. The first-order valence-corrected chi connectivity index (χ1v) is 4.86. The maximum absolute atomic E-state index is 5.51. The van der Waals surface area contributed by atoms with E-state index in [9.17, 15) is 0 Å². The molecule has 0 aliphatic heterocycles. The van der Waals surface area contributed by atoms with Gasteiger partial charge in [-0.1, -0.05) is 5.16 Å². The van der Waals surface area contributed by atoms with E-state index >= 15 is 0 Å². The summed E-state index contributed by atoms with van der Waals surface area (Å²) in [6.45, 7) is 2.46. The molecule has 0 saturated heterocycles. The van der Waals surface area contributed by atoms with E-state index in [0.29, 0.717) is 18.2 Å². The zero-order valence-corrected chi connectivity index (χ0v) is 9.21. The van der Waals surface area contributed by atoms with E-state index in [1.165, 1.54) is 0 Å². The summed E-state index contributed by atoms with van der Waals surface area (Å²) in [7, 11) is 1.88. The van der Waals surface area contributed by atoms with Crippen molar-refractivity contribution in [2.24, 2.45) is 0 Å². The van der Waals surface area contributed by atoms with E-state index < -0.39 is 0 Å². The van der Waals surface area contributed by atoms with E-state index in [-0.39, 0.29) is 0 Å². The van der Waals surface area contributed by atoms with Crippen LogP contribution in [-0.2, 0) is 6.54 Å². The Bertz CT molecular complexity index is 464. The number of anilines is 2. The molecule has 0 fully saturated rings. The van der Waals surface area contributed by atoms with Crippen LogP contribution in [0.1, 0.15) is 11.5 Å². The summed E-state index contributed by atoms with van der Waals surface area (Å²) in [6.07, 6.45) is 3.15. The third kappa shape index (κ3) is 2.28. The molecular weight excluding hydrogens is 206 g/mol. The first-order valence-electron chi connectivity index (χ1n) is 4.86. The number of hydrogen-bond acceptors (Lipinski definition) is 6. The maximum atomic E-state index is 5.51. The van der Waals surface area contributed by atoms with E-state index in [1.807, 2.05) is 24.9 Å². The molecule has 0 amide bonds. The summed E-state index contributed by atoms with van der Waals surface area (Å²) in [5, 5.41) is 3.90. The number of nitrogens with two attached hydrogens (primary N) is 1. The van der Waals surface area contributed by atoms with Gasteiger partial charge in [0.15, 0.2) is 0 Å². The smallest absolute Gasteiger partial charge is 0.225 e. The summed E-state index contributed by atoms with van der Waals surface area (Å²) in [4.78, 5) is 10.1. The van der Waals surface area contributed by atoms with Gasteiger partial charge in [-0.05, 0) is 6.92 Å². The van der Waals surface area contributed by atoms with Gasteiger partial charge in [0, 0.05) is 13.1 Å². The third-order valence-electron chi connectivity index (χ3n) is 2.08. The van der Waals surface area contributed by atoms with Crippen molar-refractivity contribution >= 4 is 11.6 Å². The number of hydrogen-bond donors (Lipinski definition) is 1. The second-order valence-electron chi connectivity index (χ2n) is 3.60. The number of aromatic nitrogens is 3. The fourth-order valence-corrected chi connectivity index (χ4v) is 1.33. The van der Waals surface area contributed by atoms with Crippen LogP contribution in [0, 0.1) is 6.92 Å². The first kappa shape index (κ1) is 10.4. The molecule has 0 spiro atoms. The van der Waals surface area contributed by atoms with Crippen molar-refractivity contribution in [1.82, 2.24) is 15.1 Å². The second-order valence-corrected chi connectivity index (χ2v) is 3.60. The lowest BCUT2D eigenvalue weighted by atomic mass is 10.3. The zero-order chi connectivity index (χ0) is 11.5. The highest BCUT2D eigenvalue weighted by Gasteiger charge is 2.07. The van der Waals surface area contributed by atoms with Crippen molar-refractivity contribution in [2.75, 3.05) is 17.7 Å². The molecule has 0 bridgehead atoms.